The van der Waals surface area contributed by atoms with Crippen molar-refractivity contribution in [1.82, 2.24) is 9.97 Å². The van der Waals surface area contributed by atoms with Crippen LogP contribution < -0.4 is 4.74 Å². The number of methoxy groups -OCH3 is 1. The van der Waals surface area contributed by atoms with E-state index in [1.165, 1.54) is 6.07 Å². The lowest BCUT2D eigenvalue weighted by Gasteiger charge is -2.03. The van der Waals surface area contributed by atoms with E-state index in [-0.39, 0.29) is 13.2 Å². The monoisotopic (exact) mass is 212 g/mol. The zero-order valence-corrected chi connectivity index (χ0v) is 8.41. The Kier molecular flexibility index (Phi) is 4.17. The van der Waals surface area contributed by atoms with Crippen LogP contribution in [0.25, 0.3) is 0 Å². The van der Waals surface area contributed by atoms with Gasteiger partial charge in [0, 0.05) is 13.2 Å². The van der Waals surface area contributed by atoms with Gasteiger partial charge in [0.15, 0.2) is 12.4 Å². The van der Waals surface area contributed by atoms with Crippen molar-refractivity contribution in [3.05, 3.63) is 17.0 Å². The SMILES string of the molecule is C#CCOc1cc(Cl)nc(COC)n1. The molecule has 1 aromatic heterocycles. The predicted molar refractivity (Wildman–Crippen MR) is 52.1 cm³/mol. The normalized spacial score (nSPS) is 9.50. The fraction of sp³-hybridized carbons (Fsp3) is 0.333. The van der Waals surface area contributed by atoms with Gasteiger partial charge in [-0.2, -0.15) is 4.98 Å². The molecule has 0 amide bonds. The van der Waals surface area contributed by atoms with Gasteiger partial charge in [0.05, 0.1) is 0 Å². The molecule has 1 rings (SSSR count). The molecular formula is C9H9ClN2O2. The first-order valence-electron chi connectivity index (χ1n) is 3.85. The van der Waals surface area contributed by atoms with Crippen LogP contribution in [-0.4, -0.2) is 23.7 Å². The molecule has 14 heavy (non-hydrogen) atoms. The molecule has 74 valence electrons. The Balaban J connectivity index is 2.79. The van der Waals surface area contributed by atoms with Gasteiger partial charge in [-0.3, -0.25) is 0 Å². The fourth-order valence-electron chi connectivity index (χ4n) is 0.825. The number of terminal acetylenes is 1. The average Bonchev–Trinajstić information content (AvgIpc) is 2.14. The largest absolute Gasteiger partial charge is 0.464 e. The standard InChI is InChI=1S/C9H9ClN2O2/c1-3-4-14-9-5-7(10)11-8(12-9)6-13-2/h1,5H,4,6H2,2H3. The van der Waals surface area contributed by atoms with Crippen molar-refractivity contribution < 1.29 is 9.47 Å². The number of hydrogen-bond donors (Lipinski definition) is 0. The summed E-state index contributed by atoms with van der Waals surface area (Å²) in [5.74, 6) is 3.15. The van der Waals surface area contributed by atoms with Crippen molar-refractivity contribution in [3.8, 4) is 18.2 Å². The molecule has 0 N–H and O–H groups in total. The Labute approximate surface area is 87.2 Å². The summed E-state index contributed by atoms with van der Waals surface area (Å²) in [7, 11) is 1.55. The van der Waals surface area contributed by atoms with Crippen LogP contribution in [-0.2, 0) is 11.3 Å². The van der Waals surface area contributed by atoms with Crippen molar-refractivity contribution >= 4 is 11.6 Å². The van der Waals surface area contributed by atoms with E-state index in [1.807, 2.05) is 0 Å². The lowest BCUT2D eigenvalue weighted by atomic mass is 10.5. The summed E-state index contributed by atoms with van der Waals surface area (Å²) in [6, 6.07) is 1.50. The molecule has 0 aliphatic heterocycles. The number of nitrogens with zero attached hydrogens (tertiary/aromatic N) is 2. The summed E-state index contributed by atoms with van der Waals surface area (Å²) in [6.07, 6.45) is 5.04. The molecule has 4 nitrogen and oxygen atoms in total. The highest BCUT2D eigenvalue weighted by Crippen LogP contribution is 2.13. The van der Waals surface area contributed by atoms with Crippen LogP contribution in [0.15, 0.2) is 6.07 Å². The second kappa shape index (κ2) is 5.43. The molecule has 0 aliphatic rings. The fourth-order valence-corrected chi connectivity index (χ4v) is 1.02. The van der Waals surface area contributed by atoms with Crippen LogP contribution in [0.1, 0.15) is 5.82 Å². The zero-order chi connectivity index (χ0) is 10.4. The maximum Gasteiger partial charge on any atom is 0.219 e. The third-order valence-corrected chi connectivity index (χ3v) is 1.49. The second-order valence-electron chi connectivity index (χ2n) is 2.37. The first kappa shape index (κ1) is 10.8. The van der Waals surface area contributed by atoms with E-state index in [4.69, 9.17) is 27.5 Å². The van der Waals surface area contributed by atoms with E-state index >= 15 is 0 Å². The second-order valence-corrected chi connectivity index (χ2v) is 2.76. The first-order valence-corrected chi connectivity index (χ1v) is 4.22. The number of aromatic nitrogens is 2. The Morgan fingerprint density at radius 3 is 3.00 bits per heavy atom. The molecule has 0 saturated heterocycles. The molecule has 1 aromatic rings. The lowest BCUT2D eigenvalue weighted by molar-refractivity contribution is 0.176. The molecule has 0 aliphatic carbocycles. The summed E-state index contributed by atoms with van der Waals surface area (Å²) < 4.78 is 9.96. The van der Waals surface area contributed by atoms with Crippen LogP contribution >= 0.6 is 11.6 Å². The summed E-state index contributed by atoms with van der Waals surface area (Å²) in [6.45, 7) is 0.437. The molecule has 0 saturated carbocycles. The quantitative estimate of drug-likeness (QED) is 0.557. The third kappa shape index (κ3) is 3.21. The molecule has 0 spiro atoms. The van der Waals surface area contributed by atoms with Gasteiger partial charge >= 0.3 is 0 Å². The summed E-state index contributed by atoms with van der Waals surface area (Å²) >= 11 is 5.73. The van der Waals surface area contributed by atoms with Crippen LogP contribution in [0.4, 0.5) is 0 Å². The first-order chi connectivity index (χ1) is 6.76. The summed E-state index contributed by atoms with van der Waals surface area (Å²) in [4.78, 5) is 7.95. The maximum atomic E-state index is 5.73. The molecule has 0 bridgehead atoms. The minimum atomic E-state index is 0.153. The molecule has 0 aromatic carbocycles. The van der Waals surface area contributed by atoms with E-state index in [9.17, 15) is 0 Å². The Hall–Kier alpha value is -1.31. The van der Waals surface area contributed by atoms with Gasteiger partial charge in [0.2, 0.25) is 5.88 Å². The minimum Gasteiger partial charge on any atom is -0.464 e. The van der Waals surface area contributed by atoms with Gasteiger partial charge in [-0.05, 0) is 0 Å². The van der Waals surface area contributed by atoms with Gasteiger partial charge in [0.25, 0.3) is 0 Å². The number of halogens is 1. The van der Waals surface area contributed by atoms with Crippen molar-refractivity contribution in [2.75, 3.05) is 13.7 Å². The van der Waals surface area contributed by atoms with Crippen molar-refractivity contribution in [2.24, 2.45) is 0 Å². The van der Waals surface area contributed by atoms with E-state index in [0.717, 1.165) is 0 Å². The number of ether oxygens (including phenoxy) is 2. The molecule has 1 heterocycles. The van der Waals surface area contributed by atoms with E-state index in [2.05, 4.69) is 15.9 Å². The van der Waals surface area contributed by atoms with Gasteiger partial charge < -0.3 is 9.47 Å². The highest BCUT2D eigenvalue weighted by Gasteiger charge is 2.03. The highest BCUT2D eigenvalue weighted by atomic mass is 35.5. The minimum absolute atomic E-state index is 0.153. The molecule has 0 radical (unpaired) electrons. The molecule has 5 heteroatoms. The van der Waals surface area contributed by atoms with Gasteiger partial charge in [-0.15, -0.1) is 6.42 Å². The Morgan fingerprint density at radius 2 is 2.36 bits per heavy atom. The topological polar surface area (TPSA) is 44.2 Å². The molecule has 0 atom stereocenters. The smallest absolute Gasteiger partial charge is 0.219 e. The Morgan fingerprint density at radius 1 is 1.57 bits per heavy atom. The number of hydrogen-bond acceptors (Lipinski definition) is 4. The van der Waals surface area contributed by atoms with E-state index in [0.29, 0.717) is 16.9 Å². The van der Waals surface area contributed by atoms with Gasteiger partial charge in [-0.1, -0.05) is 17.5 Å². The van der Waals surface area contributed by atoms with Crippen LogP contribution in [0.5, 0.6) is 5.88 Å². The predicted octanol–water partition coefficient (Wildman–Crippen LogP) is 1.29. The maximum absolute atomic E-state index is 5.73. The molecular weight excluding hydrogens is 204 g/mol. The highest BCUT2D eigenvalue weighted by molar-refractivity contribution is 6.29. The Bertz CT molecular complexity index is 349. The summed E-state index contributed by atoms with van der Waals surface area (Å²) in [5.41, 5.74) is 0. The van der Waals surface area contributed by atoms with Crippen LogP contribution in [0.3, 0.4) is 0 Å². The van der Waals surface area contributed by atoms with E-state index < -0.39 is 0 Å². The van der Waals surface area contributed by atoms with E-state index in [1.54, 1.807) is 7.11 Å². The van der Waals surface area contributed by atoms with Crippen LogP contribution in [0, 0.1) is 12.3 Å². The average molecular weight is 213 g/mol. The van der Waals surface area contributed by atoms with Crippen molar-refractivity contribution in [3.63, 3.8) is 0 Å². The van der Waals surface area contributed by atoms with Crippen LogP contribution in [0.2, 0.25) is 5.15 Å². The molecule has 0 unspecified atom stereocenters. The summed E-state index contributed by atoms with van der Waals surface area (Å²) in [5, 5.41) is 0.305. The van der Waals surface area contributed by atoms with Crippen molar-refractivity contribution in [1.29, 1.82) is 0 Å². The van der Waals surface area contributed by atoms with Gasteiger partial charge in [0.1, 0.15) is 11.8 Å². The zero-order valence-electron chi connectivity index (χ0n) is 7.66. The number of rotatable bonds is 4. The van der Waals surface area contributed by atoms with Gasteiger partial charge in [-0.25, -0.2) is 4.98 Å². The van der Waals surface area contributed by atoms with Crippen molar-refractivity contribution in [2.45, 2.75) is 6.61 Å². The third-order valence-electron chi connectivity index (χ3n) is 1.29. The molecule has 0 fully saturated rings. The lowest BCUT2D eigenvalue weighted by Crippen LogP contribution is -2.02.